The molecule has 536 valence electrons. The Morgan fingerprint density at radius 2 is 1.04 bits per heavy atom. The molecule has 3 atom stereocenters. The molecule has 0 amide bonds. The molecule has 11 N–H and O–H groups in total. The third-order valence-corrected chi connectivity index (χ3v) is 18.0. The zero-order chi connectivity index (χ0) is 67.8. The van der Waals surface area contributed by atoms with Gasteiger partial charge in [0.15, 0.2) is 22.3 Å². The number of aliphatic hydroxyl groups excluding tert-OH is 4. The van der Waals surface area contributed by atoms with Gasteiger partial charge in [-0.1, -0.05) is 212 Å². The molecule has 0 saturated heterocycles. The van der Waals surface area contributed by atoms with Crippen molar-refractivity contribution in [1.29, 1.82) is 0 Å². The molecule has 4 aromatic heterocycles. The van der Waals surface area contributed by atoms with Gasteiger partial charge in [0.25, 0.3) is 11.1 Å². The number of aliphatic hydroxyl groups is 4. The highest BCUT2D eigenvalue weighted by molar-refractivity contribution is 7.53. The van der Waals surface area contributed by atoms with Gasteiger partial charge in [-0.3, -0.25) is 28.7 Å². The van der Waals surface area contributed by atoms with E-state index in [2.05, 4.69) is 49.1 Å². The maximum Gasteiger partial charge on any atom is 0.356 e. The summed E-state index contributed by atoms with van der Waals surface area (Å²) in [5, 5.41) is 42.4. The quantitative estimate of drug-likeness (QED) is 0.0145. The third-order valence-electron chi connectivity index (χ3n) is 15.9. The van der Waals surface area contributed by atoms with E-state index >= 15 is 0 Å². The molecular weight excluding hydrogens is 1240 g/mol. The van der Waals surface area contributed by atoms with Gasteiger partial charge < -0.3 is 78.4 Å². The molecule has 4 rings (SSSR count). The van der Waals surface area contributed by atoms with Crippen LogP contribution in [0.4, 0.5) is 11.9 Å². The lowest BCUT2D eigenvalue weighted by Crippen LogP contribution is -2.24. The van der Waals surface area contributed by atoms with E-state index in [1.54, 1.807) is 18.4 Å². The topological polar surface area (TPSA) is 376 Å². The molecule has 28 heteroatoms. The number of nitrogens with two attached hydrogens (primary N) is 1. The number of rotatable bonds is 59. The number of aromatic amines is 2. The van der Waals surface area contributed by atoms with E-state index in [9.17, 15) is 39.1 Å². The van der Waals surface area contributed by atoms with Crippen LogP contribution < -0.4 is 22.2 Å². The van der Waals surface area contributed by atoms with Crippen LogP contribution in [0.5, 0.6) is 0 Å². The van der Waals surface area contributed by atoms with Gasteiger partial charge in [0, 0.05) is 38.4 Å². The Balaban J connectivity index is 0.00000100. The van der Waals surface area contributed by atoms with Crippen molar-refractivity contribution >= 4 is 49.4 Å². The lowest BCUT2D eigenvalue weighted by Gasteiger charge is -2.20. The number of ether oxygens (including phenoxy) is 4. The summed E-state index contributed by atoms with van der Waals surface area (Å²) >= 11 is 0. The van der Waals surface area contributed by atoms with Crippen molar-refractivity contribution in [2.45, 2.75) is 265 Å². The van der Waals surface area contributed by atoms with Crippen LogP contribution in [0.15, 0.2) is 27.2 Å². The molecule has 4 aromatic rings. The minimum atomic E-state index is -4.17. The molecule has 0 aliphatic rings. The second kappa shape index (κ2) is 51.3. The smallest absolute Gasteiger partial charge is 0.356 e. The number of hydrogen-bond acceptors (Lipinski definition) is 20. The molecule has 4 heterocycles. The van der Waals surface area contributed by atoms with Gasteiger partial charge in [0.1, 0.15) is 30.7 Å². The molecule has 0 aliphatic heterocycles. The Hall–Kier alpha value is -3.98. The standard InChI is InChI=1S/C57H108N5O11P.C8H12N5O5P/c1-5-7-9-11-13-15-17-19-21-23-25-27-29-31-33-35-39-69-41-37-52-58-54-55(60-57(61-56(54)67)59-53(49(3)4)51(66)46-64)62(52)38-42-71-48-74(68,73-47-50(65)45-63)72-44-43-70-40-36-34-32-30-28-26-24-22-20-18-16-14-12-10-8-6-2;9-8-11-6-5(7(14)12-8)10-3-13(6)1-2-18-4-19(15,16)17/h50-51,63-66H,5-48H2,1-4H3,(H2,59,60,61,67);3H,1-2,4H2,(H2,15,16,17)(H3,9,11,12,14). The average molecular weight is 1360 g/mol. The summed E-state index contributed by atoms with van der Waals surface area (Å²) in [5.74, 6) is 0.576. The number of nitrogens with zero attached hydrogens (tertiary/aromatic N) is 6. The largest absolute Gasteiger partial charge is 0.394 e. The van der Waals surface area contributed by atoms with Gasteiger partial charge >= 0.3 is 15.2 Å². The van der Waals surface area contributed by atoms with Gasteiger partial charge in [-0.25, -0.2) is 9.97 Å². The molecular formula is C65H120N10O16P2. The van der Waals surface area contributed by atoms with Crippen molar-refractivity contribution in [3.63, 3.8) is 0 Å². The summed E-state index contributed by atoms with van der Waals surface area (Å²) in [6, 6.07) is 0. The number of imidazole rings is 2. The van der Waals surface area contributed by atoms with Gasteiger partial charge in [0.05, 0.1) is 59.2 Å². The number of hydrogen-bond donors (Lipinski definition) is 10. The van der Waals surface area contributed by atoms with E-state index in [1.165, 1.54) is 191 Å². The minimum absolute atomic E-state index is 0.00716. The predicted octanol–water partition coefficient (Wildman–Crippen LogP) is 11.7. The Bertz CT molecular complexity index is 2810. The number of fused-ring (bicyclic) bond motifs is 2. The number of nitrogen functional groups attached to an aromatic ring is 1. The Morgan fingerprint density at radius 3 is 1.54 bits per heavy atom. The normalized spacial score (nSPS) is 13.2. The van der Waals surface area contributed by atoms with Crippen LogP contribution in [-0.4, -0.2) is 160 Å². The first kappa shape index (κ1) is 83.2. The fourth-order valence-corrected chi connectivity index (χ4v) is 12.3. The summed E-state index contributed by atoms with van der Waals surface area (Å²) in [6.07, 6.45) is 39.9. The molecule has 0 bridgehead atoms. The van der Waals surface area contributed by atoms with Gasteiger partial charge in [-0.2, -0.15) is 9.97 Å². The number of anilines is 2. The average Bonchev–Trinajstić information content (AvgIpc) is 1.67. The molecule has 26 nitrogen and oxygen atoms in total. The third kappa shape index (κ3) is 37.9. The zero-order valence-electron chi connectivity index (χ0n) is 56.9. The molecule has 0 aliphatic carbocycles. The summed E-state index contributed by atoms with van der Waals surface area (Å²) in [7, 11) is -8.07. The monoisotopic (exact) mass is 1360 g/mol. The van der Waals surface area contributed by atoms with E-state index < -0.39 is 71.0 Å². The van der Waals surface area contributed by atoms with Crippen molar-refractivity contribution in [2.24, 2.45) is 0 Å². The van der Waals surface area contributed by atoms with Crippen LogP contribution in [0.2, 0.25) is 0 Å². The van der Waals surface area contributed by atoms with Crippen molar-refractivity contribution < 1.29 is 67.3 Å². The van der Waals surface area contributed by atoms with Crippen molar-refractivity contribution in [3.05, 3.63) is 44.1 Å². The maximum absolute atomic E-state index is 13.8. The van der Waals surface area contributed by atoms with E-state index in [0.717, 1.165) is 25.7 Å². The number of unbranched alkanes of at least 4 members (excludes halogenated alkanes) is 30. The van der Waals surface area contributed by atoms with Crippen molar-refractivity contribution in [1.82, 2.24) is 39.0 Å². The summed E-state index contributed by atoms with van der Waals surface area (Å²) < 4.78 is 61.4. The summed E-state index contributed by atoms with van der Waals surface area (Å²) in [4.78, 5) is 64.3. The molecule has 0 fully saturated rings. The Kier molecular flexibility index (Phi) is 45.9. The van der Waals surface area contributed by atoms with Crippen LogP contribution in [0.3, 0.4) is 0 Å². The molecule has 0 spiro atoms. The highest BCUT2D eigenvalue weighted by Crippen LogP contribution is 2.48. The van der Waals surface area contributed by atoms with Gasteiger partial charge in [-0.15, -0.1) is 0 Å². The number of nitrogens with one attached hydrogen (secondary N) is 3. The minimum Gasteiger partial charge on any atom is -0.394 e. The molecule has 93 heavy (non-hydrogen) atoms. The highest BCUT2D eigenvalue weighted by Gasteiger charge is 2.27. The predicted molar refractivity (Wildman–Crippen MR) is 367 cm³/mol. The van der Waals surface area contributed by atoms with Crippen LogP contribution in [-0.2, 0) is 56.6 Å². The zero-order valence-corrected chi connectivity index (χ0v) is 58.7. The Morgan fingerprint density at radius 1 is 0.559 bits per heavy atom. The summed E-state index contributed by atoms with van der Waals surface area (Å²) in [5.41, 5.74) is 6.29. The van der Waals surface area contributed by atoms with Crippen LogP contribution in [0.1, 0.15) is 239 Å². The lowest BCUT2D eigenvalue weighted by atomic mass is 10.0. The van der Waals surface area contributed by atoms with E-state index in [1.807, 2.05) is 0 Å². The van der Waals surface area contributed by atoms with Crippen LogP contribution in [0, 0.1) is 0 Å². The fourth-order valence-electron chi connectivity index (χ4n) is 10.6. The highest BCUT2D eigenvalue weighted by atomic mass is 31.2. The molecule has 0 radical (unpaired) electrons. The van der Waals surface area contributed by atoms with Crippen molar-refractivity contribution in [3.8, 4) is 0 Å². The summed E-state index contributed by atoms with van der Waals surface area (Å²) in [6.45, 7) is 8.80. The van der Waals surface area contributed by atoms with E-state index in [-0.39, 0.29) is 68.1 Å². The van der Waals surface area contributed by atoms with Gasteiger partial charge in [-0.05, 0) is 26.7 Å². The fraction of sp³-hybridized carbons (Fsp3) is 0.815. The molecule has 3 unspecified atom stereocenters. The first-order chi connectivity index (χ1) is 44.9. The number of aromatic nitrogens is 8. The van der Waals surface area contributed by atoms with E-state index in [0.29, 0.717) is 49.0 Å². The van der Waals surface area contributed by atoms with Crippen LogP contribution >= 0.6 is 15.2 Å². The molecule has 0 aromatic carbocycles. The molecule has 0 saturated carbocycles. The lowest BCUT2D eigenvalue weighted by molar-refractivity contribution is 0.0344. The SMILES string of the molecule is CCCCCCCCCCCCCCCCCCOCCOP(=O)(COCCn1c(CCOCCCCCCCCCCCCCCCCCC)nc2c(=O)[nH]c(NC(=C(C)C)C(O)CO)nc21)OCC(O)CO.Nc1nc2c(ncn2CCOCP(=O)(O)O)c(=O)[nH]1. The second-order valence-electron chi connectivity index (χ2n) is 24.5. The van der Waals surface area contributed by atoms with Crippen LogP contribution in [0.25, 0.3) is 22.3 Å². The maximum atomic E-state index is 13.8. The first-order valence-electron chi connectivity index (χ1n) is 34.9. The number of H-pyrrole nitrogens is 2. The van der Waals surface area contributed by atoms with Crippen molar-refractivity contribution in [2.75, 3.05) is 89.8 Å². The van der Waals surface area contributed by atoms with Gasteiger partial charge in [0.2, 0.25) is 11.9 Å². The van der Waals surface area contributed by atoms with E-state index in [4.69, 9.17) is 43.5 Å². The second-order valence-corrected chi connectivity index (χ2v) is 28.0. The first-order valence-corrected chi connectivity index (χ1v) is 38.4. The number of allylic oxidation sites excluding steroid dienone is 1. The Labute approximate surface area is 552 Å².